The number of methoxy groups -OCH3 is 1. The maximum absolute atomic E-state index is 11.8. The highest BCUT2D eigenvalue weighted by Gasteiger charge is 2.47. The first-order chi connectivity index (χ1) is 9.13. The summed E-state index contributed by atoms with van der Waals surface area (Å²) >= 11 is 0. The number of nitrogens with one attached hydrogen (secondary N) is 1. The van der Waals surface area contributed by atoms with Crippen molar-refractivity contribution >= 4 is 17.6 Å². The van der Waals surface area contributed by atoms with Gasteiger partial charge in [0.25, 0.3) is 0 Å². The number of fused-ring (bicyclic) bond motifs is 1. The van der Waals surface area contributed by atoms with E-state index in [1.165, 1.54) is 7.11 Å². The SMILES string of the molecule is COC(=O)C1(Cc2ccc3c(c2)CC(=O)N3)COC1. The second-order valence-electron chi connectivity index (χ2n) is 5.16. The molecular weight excluding hydrogens is 246 g/mol. The summed E-state index contributed by atoms with van der Waals surface area (Å²) in [5.41, 5.74) is 2.33. The summed E-state index contributed by atoms with van der Waals surface area (Å²) in [6.45, 7) is 0.794. The fraction of sp³-hybridized carbons (Fsp3) is 0.429. The van der Waals surface area contributed by atoms with Crippen molar-refractivity contribution in [2.75, 3.05) is 25.6 Å². The highest BCUT2D eigenvalue weighted by Crippen LogP contribution is 2.34. The molecule has 5 heteroatoms. The predicted molar refractivity (Wildman–Crippen MR) is 67.7 cm³/mol. The molecule has 3 rings (SSSR count). The molecule has 2 aliphatic heterocycles. The molecule has 1 N–H and O–H groups in total. The van der Waals surface area contributed by atoms with Gasteiger partial charge in [-0.1, -0.05) is 12.1 Å². The topological polar surface area (TPSA) is 64.6 Å². The first kappa shape index (κ1) is 12.2. The van der Waals surface area contributed by atoms with E-state index in [4.69, 9.17) is 9.47 Å². The van der Waals surface area contributed by atoms with Crippen LogP contribution in [0, 0.1) is 5.41 Å². The summed E-state index contributed by atoms with van der Waals surface area (Å²) in [5.74, 6) is -0.213. The van der Waals surface area contributed by atoms with Crippen molar-refractivity contribution in [1.82, 2.24) is 0 Å². The van der Waals surface area contributed by atoms with Crippen molar-refractivity contribution in [3.8, 4) is 0 Å². The Bertz CT molecular complexity index is 548. The molecule has 0 unspecified atom stereocenters. The monoisotopic (exact) mass is 261 g/mol. The second kappa shape index (κ2) is 4.35. The van der Waals surface area contributed by atoms with Crippen LogP contribution in [0.5, 0.6) is 0 Å². The van der Waals surface area contributed by atoms with E-state index >= 15 is 0 Å². The van der Waals surface area contributed by atoms with Crippen LogP contribution in [-0.2, 0) is 31.9 Å². The van der Waals surface area contributed by atoms with Gasteiger partial charge in [-0.15, -0.1) is 0 Å². The van der Waals surface area contributed by atoms with Crippen LogP contribution in [0.25, 0.3) is 0 Å². The number of hydrogen-bond acceptors (Lipinski definition) is 4. The number of carbonyl (C=O) groups excluding carboxylic acids is 2. The van der Waals surface area contributed by atoms with E-state index in [2.05, 4.69) is 5.32 Å². The molecule has 5 nitrogen and oxygen atoms in total. The van der Waals surface area contributed by atoms with E-state index in [0.717, 1.165) is 16.8 Å². The lowest BCUT2D eigenvalue weighted by Gasteiger charge is -2.38. The molecule has 0 bridgehead atoms. The maximum Gasteiger partial charge on any atom is 0.316 e. The molecule has 2 aliphatic rings. The molecule has 0 aromatic heterocycles. The molecule has 1 saturated heterocycles. The molecule has 2 heterocycles. The minimum absolute atomic E-state index is 0.0156. The largest absolute Gasteiger partial charge is 0.468 e. The van der Waals surface area contributed by atoms with Gasteiger partial charge in [-0.25, -0.2) is 0 Å². The van der Waals surface area contributed by atoms with Crippen molar-refractivity contribution in [2.45, 2.75) is 12.8 Å². The first-order valence-corrected chi connectivity index (χ1v) is 6.21. The van der Waals surface area contributed by atoms with E-state index in [1.54, 1.807) is 0 Å². The van der Waals surface area contributed by atoms with Crippen LogP contribution < -0.4 is 5.32 Å². The predicted octanol–water partition coefficient (Wildman–Crippen LogP) is 0.913. The molecule has 0 radical (unpaired) electrons. The first-order valence-electron chi connectivity index (χ1n) is 6.21. The third kappa shape index (κ3) is 2.00. The second-order valence-corrected chi connectivity index (χ2v) is 5.16. The molecule has 19 heavy (non-hydrogen) atoms. The number of ether oxygens (including phenoxy) is 2. The molecular formula is C14H15NO4. The summed E-state index contributed by atoms with van der Waals surface area (Å²) in [7, 11) is 1.40. The minimum Gasteiger partial charge on any atom is -0.468 e. The zero-order valence-corrected chi connectivity index (χ0v) is 10.7. The number of carbonyl (C=O) groups is 2. The van der Waals surface area contributed by atoms with Gasteiger partial charge in [-0.3, -0.25) is 9.59 Å². The van der Waals surface area contributed by atoms with E-state index in [1.807, 2.05) is 18.2 Å². The average molecular weight is 261 g/mol. The van der Waals surface area contributed by atoms with Crippen LogP contribution in [0.3, 0.4) is 0 Å². The van der Waals surface area contributed by atoms with Crippen molar-refractivity contribution in [1.29, 1.82) is 0 Å². The Balaban J connectivity index is 1.82. The Morgan fingerprint density at radius 1 is 1.47 bits per heavy atom. The number of amides is 1. The molecule has 1 aromatic carbocycles. The van der Waals surface area contributed by atoms with Gasteiger partial charge >= 0.3 is 5.97 Å². The van der Waals surface area contributed by atoms with Gasteiger partial charge in [-0.05, 0) is 23.6 Å². The summed E-state index contributed by atoms with van der Waals surface area (Å²) < 4.78 is 10.0. The summed E-state index contributed by atoms with van der Waals surface area (Å²) in [4.78, 5) is 23.2. The highest BCUT2D eigenvalue weighted by molar-refractivity contribution is 5.99. The lowest BCUT2D eigenvalue weighted by molar-refractivity contribution is -0.182. The van der Waals surface area contributed by atoms with Gasteiger partial charge in [-0.2, -0.15) is 0 Å². The van der Waals surface area contributed by atoms with Gasteiger partial charge in [0.1, 0.15) is 5.41 Å². The van der Waals surface area contributed by atoms with Crippen LogP contribution >= 0.6 is 0 Å². The van der Waals surface area contributed by atoms with Gasteiger partial charge in [0.05, 0.1) is 26.7 Å². The van der Waals surface area contributed by atoms with E-state index in [9.17, 15) is 9.59 Å². The average Bonchev–Trinajstić information content (AvgIpc) is 2.72. The minimum atomic E-state index is -0.557. The van der Waals surface area contributed by atoms with Crippen molar-refractivity contribution in [2.24, 2.45) is 5.41 Å². The molecule has 1 fully saturated rings. The fourth-order valence-corrected chi connectivity index (χ4v) is 2.64. The number of rotatable bonds is 3. The van der Waals surface area contributed by atoms with Gasteiger partial charge in [0.2, 0.25) is 5.91 Å². The van der Waals surface area contributed by atoms with Gasteiger partial charge in [0.15, 0.2) is 0 Å². The Morgan fingerprint density at radius 3 is 2.89 bits per heavy atom. The number of benzene rings is 1. The number of hydrogen-bond donors (Lipinski definition) is 1. The molecule has 0 spiro atoms. The zero-order valence-electron chi connectivity index (χ0n) is 10.7. The van der Waals surface area contributed by atoms with Gasteiger partial charge in [0, 0.05) is 5.69 Å². The maximum atomic E-state index is 11.8. The zero-order chi connectivity index (χ0) is 13.5. The Hall–Kier alpha value is -1.88. The summed E-state index contributed by atoms with van der Waals surface area (Å²) in [5, 5.41) is 2.79. The number of esters is 1. The van der Waals surface area contributed by atoms with Crippen LogP contribution in [0.2, 0.25) is 0 Å². The molecule has 0 saturated carbocycles. The van der Waals surface area contributed by atoms with Crippen molar-refractivity contribution < 1.29 is 19.1 Å². The van der Waals surface area contributed by atoms with Crippen molar-refractivity contribution in [3.63, 3.8) is 0 Å². The molecule has 0 aliphatic carbocycles. The van der Waals surface area contributed by atoms with Gasteiger partial charge < -0.3 is 14.8 Å². The van der Waals surface area contributed by atoms with Crippen LogP contribution in [0.15, 0.2) is 18.2 Å². The van der Waals surface area contributed by atoms with Crippen LogP contribution in [-0.4, -0.2) is 32.2 Å². The molecule has 100 valence electrons. The van der Waals surface area contributed by atoms with E-state index in [-0.39, 0.29) is 11.9 Å². The molecule has 1 amide bonds. The third-order valence-corrected chi connectivity index (χ3v) is 3.71. The van der Waals surface area contributed by atoms with Crippen molar-refractivity contribution in [3.05, 3.63) is 29.3 Å². The fourth-order valence-electron chi connectivity index (χ4n) is 2.64. The quantitative estimate of drug-likeness (QED) is 0.821. The summed E-state index contributed by atoms with van der Waals surface area (Å²) in [6.07, 6.45) is 0.992. The van der Waals surface area contributed by atoms with E-state index < -0.39 is 5.41 Å². The molecule has 0 atom stereocenters. The lowest BCUT2D eigenvalue weighted by atomic mass is 9.79. The Kier molecular flexibility index (Phi) is 2.78. The van der Waals surface area contributed by atoms with E-state index in [0.29, 0.717) is 26.1 Å². The Morgan fingerprint density at radius 2 is 2.26 bits per heavy atom. The highest BCUT2D eigenvalue weighted by atomic mass is 16.5. The lowest BCUT2D eigenvalue weighted by Crippen LogP contribution is -2.51. The van der Waals surface area contributed by atoms with Crippen LogP contribution in [0.4, 0.5) is 5.69 Å². The number of anilines is 1. The molecule has 1 aromatic rings. The Labute approximate surface area is 110 Å². The smallest absolute Gasteiger partial charge is 0.316 e. The third-order valence-electron chi connectivity index (χ3n) is 3.71. The summed E-state index contributed by atoms with van der Waals surface area (Å²) in [6, 6.07) is 5.81. The van der Waals surface area contributed by atoms with Crippen LogP contribution in [0.1, 0.15) is 11.1 Å². The normalized spacial score (nSPS) is 19.3. The standard InChI is InChI=1S/C14H15NO4/c1-18-13(17)14(7-19-8-14)6-9-2-3-11-10(4-9)5-12(16)15-11/h2-4H,5-8H2,1H3,(H,15,16).